The lowest BCUT2D eigenvalue weighted by atomic mass is 9.87. The zero-order valence-corrected chi connectivity index (χ0v) is 18.3. The van der Waals surface area contributed by atoms with E-state index >= 15 is 0 Å². The molecule has 1 fully saturated rings. The molecule has 0 spiro atoms. The highest BCUT2D eigenvalue weighted by molar-refractivity contribution is 7.18. The van der Waals surface area contributed by atoms with Gasteiger partial charge in [0.05, 0.1) is 25.4 Å². The molecule has 0 amide bonds. The number of ether oxygens (including phenoxy) is 2. The SMILES string of the molecule is CCOC(=O)c1sc(N2CCOCC2)c(C#N)c1C(CN)c1ccc2ccccc2c1. The molecule has 1 saturated heterocycles. The molecule has 4 rings (SSSR count). The average molecular weight is 436 g/mol. The number of hydrogen-bond acceptors (Lipinski definition) is 7. The van der Waals surface area contributed by atoms with E-state index in [2.05, 4.69) is 35.2 Å². The number of rotatable bonds is 6. The molecular weight excluding hydrogens is 410 g/mol. The summed E-state index contributed by atoms with van der Waals surface area (Å²) in [6.45, 7) is 4.88. The molecule has 2 N–H and O–H groups in total. The molecule has 31 heavy (non-hydrogen) atoms. The maximum Gasteiger partial charge on any atom is 0.348 e. The second-order valence-corrected chi connectivity index (χ2v) is 8.35. The van der Waals surface area contributed by atoms with Gasteiger partial charge in [0.25, 0.3) is 0 Å². The van der Waals surface area contributed by atoms with Crippen LogP contribution in [0.5, 0.6) is 0 Å². The van der Waals surface area contributed by atoms with Gasteiger partial charge in [-0.2, -0.15) is 5.26 Å². The first kappa shape index (κ1) is 21.3. The molecule has 0 bridgehead atoms. The molecule has 0 saturated carbocycles. The molecule has 2 aromatic carbocycles. The normalized spacial score (nSPS) is 14.9. The summed E-state index contributed by atoms with van der Waals surface area (Å²) in [5.74, 6) is -0.692. The van der Waals surface area contributed by atoms with Gasteiger partial charge in [0.2, 0.25) is 0 Å². The number of fused-ring (bicyclic) bond motifs is 1. The van der Waals surface area contributed by atoms with E-state index in [9.17, 15) is 10.1 Å². The molecule has 0 radical (unpaired) electrons. The summed E-state index contributed by atoms with van der Waals surface area (Å²) in [7, 11) is 0. The number of nitrogens with two attached hydrogens (primary N) is 1. The number of morpholine rings is 1. The molecule has 6 nitrogen and oxygen atoms in total. The van der Waals surface area contributed by atoms with Gasteiger partial charge in [0, 0.05) is 31.1 Å². The zero-order valence-electron chi connectivity index (χ0n) is 17.5. The molecule has 2 heterocycles. The lowest BCUT2D eigenvalue weighted by Gasteiger charge is -2.28. The van der Waals surface area contributed by atoms with E-state index in [1.807, 2.05) is 18.2 Å². The van der Waals surface area contributed by atoms with E-state index in [1.165, 1.54) is 11.3 Å². The van der Waals surface area contributed by atoms with Gasteiger partial charge in [-0.15, -0.1) is 11.3 Å². The molecule has 0 aliphatic carbocycles. The number of anilines is 1. The Hall–Kier alpha value is -2.92. The van der Waals surface area contributed by atoms with Crippen LogP contribution in [0, 0.1) is 11.3 Å². The van der Waals surface area contributed by atoms with Crippen molar-refractivity contribution in [2.45, 2.75) is 12.8 Å². The lowest BCUT2D eigenvalue weighted by molar-refractivity contribution is 0.0530. The molecule has 1 aliphatic heterocycles. The minimum absolute atomic E-state index is 0.272. The maximum absolute atomic E-state index is 12.9. The summed E-state index contributed by atoms with van der Waals surface area (Å²) in [4.78, 5) is 15.5. The average Bonchev–Trinajstić information content (AvgIpc) is 3.20. The second-order valence-electron chi connectivity index (χ2n) is 7.35. The zero-order chi connectivity index (χ0) is 21.8. The van der Waals surface area contributed by atoms with Crippen molar-refractivity contribution in [3.05, 3.63) is 64.0 Å². The van der Waals surface area contributed by atoms with Gasteiger partial charge in [0.1, 0.15) is 15.9 Å². The van der Waals surface area contributed by atoms with Crippen molar-refractivity contribution < 1.29 is 14.3 Å². The van der Waals surface area contributed by atoms with Crippen LogP contribution in [0.2, 0.25) is 0 Å². The standard InChI is InChI=1S/C24H25N3O3S/c1-2-30-24(28)22-21(20(15-26)23(31-22)27-9-11-29-12-10-27)19(14-25)18-8-7-16-5-3-4-6-17(16)13-18/h3-8,13,19H,2,9-12,14,25H2,1H3. The molecule has 1 aromatic heterocycles. The Morgan fingerprint density at radius 1 is 1.26 bits per heavy atom. The van der Waals surface area contributed by atoms with Crippen molar-refractivity contribution in [3.63, 3.8) is 0 Å². The van der Waals surface area contributed by atoms with Crippen LogP contribution >= 0.6 is 11.3 Å². The maximum atomic E-state index is 12.9. The first-order chi connectivity index (χ1) is 15.2. The van der Waals surface area contributed by atoms with Gasteiger partial charge in [-0.25, -0.2) is 4.79 Å². The summed E-state index contributed by atoms with van der Waals surface area (Å²) < 4.78 is 10.8. The third-order valence-corrected chi connectivity index (χ3v) is 6.80. The summed E-state index contributed by atoms with van der Waals surface area (Å²) in [5.41, 5.74) is 8.41. The van der Waals surface area contributed by atoms with Crippen molar-refractivity contribution in [2.75, 3.05) is 44.4 Å². The quantitative estimate of drug-likeness (QED) is 0.591. The second kappa shape index (κ2) is 9.48. The van der Waals surface area contributed by atoms with Gasteiger partial charge in [-0.3, -0.25) is 0 Å². The first-order valence-corrected chi connectivity index (χ1v) is 11.2. The van der Waals surface area contributed by atoms with Crippen molar-refractivity contribution >= 4 is 33.1 Å². The van der Waals surface area contributed by atoms with Crippen molar-refractivity contribution in [3.8, 4) is 6.07 Å². The predicted molar refractivity (Wildman–Crippen MR) is 123 cm³/mol. The van der Waals surface area contributed by atoms with Crippen molar-refractivity contribution in [2.24, 2.45) is 5.73 Å². The van der Waals surface area contributed by atoms with Crippen LogP contribution in [0.15, 0.2) is 42.5 Å². The highest BCUT2D eigenvalue weighted by atomic mass is 32.1. The summed E-state index contributed by atoms with van der Waals surface area (Å²) in [6.07, 6.45) is 0. The fourth-order valence-corrected chi connectivity index (χ4v) is 5.31. The van der Waals surface area contributed by atoms with Crippen LogP contribution < -0.4 is 10.6 Å². The van der Waals surface area contributed by atoms with Crippen molar-refractivity contribution in [1.82, 2.24) is 0 Å². The number of carbonyl (C=O) groups is 1. The number of nitrogens with zero attached hydrogens (tertiary/aromatic N) is 2. The monoisotopic (exact) mass is 435 g/mol. The Kier molecular flexibility index (Phi) is 6.52. The van der Waals surface area contributed by atoms with Crippen molar-refractivity contribution in [1.29, 1.82) is 5.26 Å². The van der Waals surface area contributed by atoms with Gasteiger partial charge < -0.3 is 20.1 Å². The van der Waals surface area contributed by atoms with E-state index < -0.39 is 5.97 Å². The van der Waals surface area contributed by atoms with E-state index in [0.29, 0.717) is 42.3 Å². The fourth-order valence-electron chi connectivity index (χ4n) is 4.05. The van der Waals surface area contributed by atoms with E-state index in [-0.39, 0.29) is 19.1 Å². The number of carbonyl (C=O) groups excluding carboxylic acids is 1. The minimum atomic E-state index is -0.405. The number of esters is 1. The predicted octanol–water partition coefficient (Wildman–Crippen LogP) is 3.88. The Morgan fingerprint density at radius 2 is 2.00 bits per heavy atom. The number of nitriles is 1. The Morgan fingerprint density at radius 3 is 2.68 bits per heavy atom. The molecule has 7 heteroatoms. The van der Waals surface area contributed by atoms with Gasteiger partial charge >= 0.3 is 5.97 Å². The Bertz CT molecular complexity index is 1130. The topological polar surface area (TPSA) is 88.6 Å². The number of hydrogen-bond donors (Lipinski definition) is 1. The van der Waals surface area contributed by atoms with Crippen LogP contribution in [0.1, 0.15) is 39.2 Å². The van der Waals surface area contributed by atoms with Crippen LogP contribution in [0.4, 0.5) is 5.00 Å². The van der Waals surface area contributed by atoms with E-state index in [1.54, 1.807) is 6.92 Å². The molecule has 1 unspecified atom stereocenters. The van der Waals surface area contributed by atoms with Crippen LogP contribution in [-0.4, -0.2) is 45.4 Å². The van der Waals surface area contributed by atoms with Gasteiger partial charge in [0.15, 0.2) is 0 Å². The number of thiophene rings is 1. The summed E-state index contributed by atoms with van der Waals surface area (Å²) in [6, 6.07) is 16.6. The molecular formula is C24H25N3O3S. The Balaban J connectivity index is 1.87. The number of benzene rings is 2. The van der Waals surface area contributed by atoms with Gasteiger partial charge in [-0.05, 0) is 23.3 Å². The highest BCUT2D eigenvalue weighted by Crippen LogP contribution is 2.42. The van der Waals surface area contributed by atoms with Crippen LogP contribution in [0.3, 0.4) is 0 Å². The minimum Gasteiger partial charge on any atom is -0.462 e. The van der Waals surface area contributed by atoms with E-state index in [4.69, 9.17) is 15.2 Å². The van der Waals surface area contributed by atoms with Crippen LogP contribution in [0.25, 0.3) is 10.8 Å². The molecule has 3 aromatic rings. The van der Waals surface area contributed by atoms with Gasteiger partial charge in [-0.1, -0.05) is 42.5 Å². The Labute approximate surface area is 185 Å². The summed E-state index contributed by atoms with van der Waals surface area (Å²) >= 11 is 1.33. The molecule has 1 atom stereocenters. The fraction of sp³-hybridized carbons (Fsp3) is 0.333. The smallest absolute Gasteiger partial charge is 0.348 e. The lowest BCUT2D eigenvalue weighted by Crippen LogP contribution is -2.36. The first-order valence-electron chi connectivity index (χ1n) is 10.4. The molecule has 160 valence electrons. The van der Waals surface area contributed by atoms with E-state index in [0.717, 1.165) is 21.3 Å². The third kappa shape index (κ3) is 4.15. The third-order valence-electron chi connectivity index (χ3n) is 5.56. The summed E-state index contributed by atoms with van der Waals surface area (Å²) in [5, 5.41) is 13.1. The largest absolute Gasteiger partial charge is 0.462 e. The van der Waals surface area contributed by atoms with Crippen LogP contribution in [-0.2, 0) is 9.47 Å². The molecule has 1 aliphatic rings. The highest BCUT2D eigenvalue weighted by Gasteiger charge is 2.32.